The van der Waals surface area contributed by atoms with Gasteiger partial charge in [0.25, 0.3) is 0 Å². The summed E-state index contributed by atoms with van der Waals surface area (Å²) in [5.41, 5.74) is 1.66. The molecule has 142 valence electrons. The first-order valence-corrected chi connectivity index (χ1v) is 9.60. The maximum absolute atomic E-state index is 14.0. The van der Waals surface area contributed by atoms with Crippen LogP contribution in [0.4, 0.5) is 4.39 Å². The number of benzene rings is 1. The summed E-state index contributed by atoms with van der Waals surface area (Å²) < 4.78 is 14.0. The highest BCUT2D eigenvalue weighted by molar-refractivity contribution is 14.0. The van der Waals surface area contributed by atoms with Gasteiger partial charge in [-0.3, -0.25) is 0 Å². The van der Waals surface area contributed by atoms with E-state index >= 15 is 0 Å². The van der Waals surface area contributed by atoms with E-state index in [0.717, 1.165) is 29.6 Å². The fourth-order valence-electron chi connectivity index (χ4n) is 2.79. The van der Waals surface area contributed by atoms with Gasteiger partial charge in [0.2, 0.25) is 0 Å². The molecule has 1 aliphatic carbocycles. The highest BCUT2D eigenvalue weighted by Crippen LogP contribution is 2.44. The van der Waals surface area contributed by atoms with Crippen LogP contribution in [0.15, 0.2) is 23.2 Å². The number of hydrogen-bond donors (Lipinski definition) is 2. The number of hydrogen-bond acceptors (Lipinski definition) is 3. The number of guanidine groups is 1. The van der Waals surface area contributed by atoms with Gasteiger partial charge in [-0.1, -0.05) is 17.7 Å². The van der Waals surface area contributed by atoms with Gasteiger partial charge in [0.05, 0.1) is 12.2 Å². The maximum atomic E-state index is 14.0. The lowest BCUT2D eigenvalue weighted by Crippen LogP contribution is -2.39. The van der Waals surface area contributed by atoms with Crippen molar-refractivity contribution in [3.8, 4) is 0 Å². The molecular formula is C18H23ClFIN4S. The average molecular weight is 509 g/mol. The van der Waals surface area contributed by atoms with Crippen LogP contribution in [-0.2, 0) is 6.54 Å². The molecule has 0 saturated heterocycles. The standard InChI is InChI=1S/C18H22ClFN4S.HI/c1-4-21-18(22-9-16-23-10(2)11(3)25-16)24-15-8-12(15)17-13(19)6-5-7-14(17)20;/h5-7,12,15H,4,8-9H2,1-3H3,(H2,21,22,24);1H. The Morgan fingerprint density at radius 1 is 1.42 bits per heavy atom. The van der Waals surface area contributed by atoms with Crippen molar-refractivity contribution in [2.45, 2.75) is 45.7 Å². The van der Waals surface area contributed by atoms with Gasteiger partial charge in [-0.15, -0.1) is 35.3 Å². The molecule has 0 radical (unpaired) electrons. The molecule has 0 amide bonds. The number of thiazole rings is 1. The van der Waals surface area contributed by atoms with Gasteiger partial charge < -0.3 is 10.6 Å². The van der Waals surface area contributed by atoms with E-state index in [1.807, 2.05) is 13.8 Å². The lowest BCUT2D eigenvalue weighted by atomic mass is 10.1. The van der Waals surface area contributed by atoms with Crippen LogP contribution in [0.2, 0.25) is 5.02 Å². The normalized spacial score (nSPS) is 19.0. The highest BCUT2D eigenvalue weighted by Gasteiger charge is 2.41. The first kappa shape index (κ1) is 21.4. The topological polar surface area (TPSA) is 49.3 Å². The Hall–Kier alpha value is -0.930. The summed E-state index contributed by atoms with van der Waals surface area (Å²) in [5.74, 6) is 0.576. The lowest BCUT2D eigenvalue weighted by molar-refractivity contribution is 0.608. The Labute approximate surface area is 179 Å². The van der Waals surface area contributed by atoms with E-state index in [-0.39, 0.29) is 41.8 Å². The number of nitrogens with zero attached hydrogens (tertiary/aromatic N) is 2. The third-order valence-corrected chi connectivity index (χ3v) is 5.66. The van der Waals surface area contributed by atoms with E-state index in [9.17, 15) is 4.39 Å². The Morgan fingerprint density at radius 2 is 2.19 bits per heavy atom. The number of halogens is 3. The molecule has 1 aromatic carbocycles. The molecule has 1 aliphatic rings. The predicted octanol–water partition coefficient (Wildman–Crippen LogP) is 4.78. The fourth-order valence-corrected chi connectivity index (χ4v) is 3.95. The quantitative estimate of drug-likeness (QED) is 0.347. The maximum Gasteiger partial charge on any atom is 0.191 e. The summed E-state index contributed by atoms with van der Waals surface area (Å²) in [6, 6.07) is 4.98. The van der Waals surface area contributed by atoms with Crippen LogP contribution in [0.1, 0.15) is 40.4 Å². The zero-order valence-corrected chi connectivity index (χ0v) is 18.9. The van der Waals surface area contributed by atoms with Crippen molar-refractivity contribution in [3.05, 3.63) is 50.2 Å². The molecule has 0 aliphatic heterocycles. The van der Waals surface area contributed by atoms with Crippen LogP contribution < -0.4 is 10.6 Å². The van der Waals surface area contributed by atoms with Crippen LogP contribution in [0.25, 0.3) is 0 Å². The minimum absolute atomic E-state index is 0. The lowest BCUT2D eigenvalue weighted by Gasteiger charge is -2.11. The van der Waals surface area contributed by atoms with Crippen molar-refractivity contribution < 1.29 is 4.39 Å². The second-order valence-electron chi connectivity index (χ2n) is 6.17. The van der Waals surface area contributed by atoms with Crippen LogP contribution in [-0.4, -0.2) is 23.5 Å². The van der Waals surface area contributed by atoms with Gasteiger partial charge in [0, 0.05) is 34.0 Å². The average Bonchev–Trinajstić information content (AvgIpc) is 3.22. The molecule has 26 heavy (non-hydrogen) atoms. The van der Waals surface area contributed by atoms with E-state index < -0.39 is 0 Å². The van der Waals surface area contributed by atoms with Crippen molar-refractivity contribution in [3.63, 3.8) is 0 Å². The van der Waals surface area contributed by atoms with Gasteiger partial charge in [0.15, 0.2) is 5.96 Å². The molecule has 8 heteroatoms. The molecule has 2 unspecified atom stereocenters. The summed E-state index contributed by atoms with van der Waals surface area (Å²) in [4.78, 5) is 10.3. The third-order valence-electron chi connectivity index (χ3n) is 4.27. The second kappa shape index (κ2) is 9.32. The first-order valence-electron chi connectivity index (χ1n) is 8.41. The number of rotatable bonds is 5. The van der Waals surface area contributed by atoms with Crippen molar-refractivity contribution in [2.24, 2.45) is 4.99 Å². The van der Waals surface area contributed by atoms with Crippen LogP contribution in [0, 0.1) is 19.7 Å². The van der Waals surface area contributed by atoms with Crippen LogP contribution in [0.3, 0.4) is 0 Å². The summed E-state index contributed by atoms with van der Waals surface area (Å²) in [6.45, 7) is 7.39. The van der Waals surface area contributed by atoms with E-state index in [1.54, 1.807) is 23.5 Å². The van der Waals surface area contributed by atoms with Gasteiger partial charge in [-0.2, -0.15) is 0 Å². The fraction of sp³-hybridized carbons (Fsp3) is 0.444. The van der Waals surface area contributed by atoms with Gasteiger partial charge >= 0.3 is 0 Å². The van der Waals surface area contributed by atoms with Gasteiger partial charge in [0.1, 0.15) is 10.8 Å². The molecule has 4 nitrogen and oxygen atoms in total. The first-order chi connectivity index (χ1) is 12.0. The summed E-state index contributed by atoms with van der Waals surface area (Å²) in [6.07, 6.45) is 0.848. The number of aromatic nitrogens is 1. The Morgan fingerprint density at radius 3 is 2.81 bits per heavy atom. The highest BCUT2D eigenvalue weighted by atomic mass is 127. The molecule has 1 heterocycles. The van der Waals surface area contributed by atoms with Crippen molar-refractivity contribution >= 4 is 52.9 Å². The zero-order chi connectivity index (χ0) is 18.0. The van der Waals surface area contributed by atoms with Crippen molar-refractivity contribution in [2.75, 3.05) is 6.54 Å². The van der Waals surface area contributed by atoms with E-state index in [0.29, 0.717) is 17.1 Å². The number of nitrogens with one attached hydrogen (secondary N) is 2. The predicted molar refractivity (Wildman–Crippen MR) is 118 cm³/mol. The summed E-state index contributed by atoms with van der Waals surface area (Å²) >= 11 is 7.83. The molecule has 2 aromatic rings. The SMILES string of the molecule is CCNC(=NCc1nc(C)c(C)s1)NC1CC1c1c(F)cccc1Cl.I. The smallest absolute Gasteiger partial charge is 0.191 e. The summed E-state index contributed by atoms with van der Waals surface area (Å²) in [5, 5.41) is 8.10. The molecule has 3 rings (SSSR count). The van der Waals surface area contributed by atoms with Crippen LogP contribution in [0.5, 0.6) is 0 Å². The Kier molecular flexibility index (Phi) is 7.66. The van der Waals surface area contributed by atoms with E-state index in [2.05, 4.69) is 27.5 Å². The minimum atomic E-state index is -0.238. The van der Waals surface area contributed by atoms with E-state index in [1.165, 1.54) is 10.9 Å². The molecule has 0 spiro atoms. The second-order valence-corrected chi connectivity index (χ2v) is 7.87. The minimum Gasteiger partial charge on any atom is -0.357 e. The van der Waals surface area contributed by atoms with E-state index in [4.69, 9.17) is 11.6 Å². The molecule has 0 bridgehead atoms. The van der Waals surface area contributed by atoms with Gasteiger partial charge in [-0.25, -0.2) is 14.4 Å². The number of aryl methyl sites for hydroxylation is 2. The molecule has 2 atom stereocenters. The molecule has 1 saturated carbocycles. The molecule has 2 N–H and O–H groups in total. The van der Waals surface area contributed by atoms with Crippen molar-refractivity contribution in [1.82, 2.24) is 15.6 Å². The Bertz CT molecular complexity index is 756. The molecular weight excluding hydrogens is 486 g/mol. The van der Waals surface area contributed by atoms with Crippen LogP contribution >= 0.6 is 46.9 Å². The molecule has 1 aromatic heterocycles. The Balaban J connectivity index is 0.00000243. The van der Waals surface area contributed by atoms with Crippen molar-refractivity contribution in [1.29, 1.82) is 0 Å². The zero-order valence-electron chi connectivity index (χ0n) is 15.0. The largest absolute Gasteiger partial charge is 0.357 e. The monoisotopic (exact) mass is 508 g/mol. The summed E-state index contributed by atoms with van der Waals surface area (Å²) in [7, 11) is 0. The molecule has 1 fully saturated rings. The third kappa shape index (κ3) is 5.07. The van der Waals surface area contributed by atoms with Gasteiger partial charge in [-0.05, 0) is 39.3 Å². The number of aliphatic imine (C=N–C) groups is 1.